The highest BCUT2D eigenvalue weighted by Crippen LogP contribution is 2.47. The Kier molecular flexibility index (Phi) is 4.05. The van der Waals surface area contributed by atoms with Crippen LogP contribution in [0.25, 0.3) is 0 Å². The van der Waals surface area contributed by atoms with Crippen LogP contribution in [0.5, 0.6) is 0 Å². The van der Waals surface area contributed by atoms with Crippen molar-refractivity contribution in [2.75, 3.05) is 25.1 Å². The van der Waals surface area contributed by atoms with Crippen LogP contribution >= 0.6 is 0 Å². The monoisotopic (exact) mass is 314 g/mol. The number of piperidine rings is 1. The molecule has 1 aliphatic heterocycles. The van der Waals surface area contributed by atoms with Crippen molar-refractivity contribution < 1.29 is 17.9 Å². The third-order valence-corrected chi connectivity index (χ3v) is 5.12. The minimum absolute atomic E-state index is 0.136. The molecule has 2 aliphatic rings. The van der Waals surface area contributed by atoms with Crippen LogP contribution in [0.3, 0.4) is 0 Å². The van der Waals surface area contributed by atoms with Crippen molar-refractivity contribution in [3.63, 3.8) is 0 Å². The van der Waals surface area contributed by atoms with Crippen molar-refractivity contribution in [1.82, 2.24) is 4.98 Å². The molecule has 122 valence electrons. The molecule has 0 unspecified atom stereocenters. The van der Waals surface area contributed by atoms with Crippen LogP contribution in [-0.4, -0.2) is 31.3 Å². The normalized spacial score (nSPS) is 29.3. The lowest BCUT2D eigenvalue weighted by molar-refractivity contribution is -0.137. The number of ether oxygens (including phenoxy) is 1. The van der Waals surface area contributed by atoms with Gasteiger partial charge in [0, 0.05) is 31.8 Å². The predicted octanol–water partition coefficient (Wildman–Crippen LogP) is 3.89. The molecule has 1 saturated heterocycles. The molecule has 2 heterocycles. The molecule has 3 rings (SSSR count). The smallest absolute Gasteiger partial charge is 0.381 e. The van der Waals surface area contributed by atoms with E-state index in [0.29, 0.717) is 5.82 Å². The van der Waals surface area contributed by atoms with E-state index in [0.717, 1.165) is 57.5 Å². The van der Waals surface area contributed by atoms with Crippen molar-refractivity contribution in [3.8, 4) is 0 Å². The summed E-state index contributed by atoms with van der Waals surface area (Å²) in [7, 11) is 1.76. The highest BCUT2D eigenvalue weighted by Gasteiger charge is 2.46. The van der Waals surface area contributed by atoms with E-state index in [1.165, 1.54) is 6.07 Å². The van der Waals surface area contributed by atoms with Crippen molar-refractivity contribution in [3.05, 3.63) is 23.9 Å². The number of alkyl halides is 3. The fourth-order valence-electron chi connectivity index (χ4n) is 4.04. The topological polar surface area (TPSA) is 25.4 Å². The zero-order valence-corrected chi connectivity index (χ0v) is 12.7. The SMILES string of the molecule is CO[C@@H]1CCC[C@]12CCCN(c1ccc(C(F)(F)F)cn1)C2. The van der Waals surface area contributed by atoms with Gasteiger partial charge in [-0.2, -0.15) is 13.2 Å². The highest BCUT2D eigenvalue weighted by atomic mass is 19.4. The van der Waals surface area contributed by atoms with Gasteiger partial charge in [0.25, 0.3) is 0 Å². The van der Waals surface area contributed by atoms with Crippen LogP contribution in [0.4, 0.5) is 19.0 Å². The maximum Gasteiger partial charge on any atom is 0.417 e. The van der Waals surface area contributed by atoms with Crippen LogP contribution in [0, 0.1) is 5.41 Å². The molecule has 2 fully saturated rings. The summed E-state index contributed by atoms with van der Waals surface area (Å²) < 4.78 is 43.5. The summed E-state index contributed by atoms with van der Waals surface area (Å²) in [6.45, 7) is 1.67. The fraction of sp³-hybridized carbons (Fsp3) is 0.688. The lowest BCUT2D eigenvalue weighted by Crippen LogP contribution is -2.48. The van der Waals surface area contributed by atoms with Gasteiger partial charge < -0.3 is 9.64 Å². The molecule has 1 saturated carbocycles. The highest BCUT2D eigenvalue weighted by molar-refractivity contribution is 5.41. The number of pyridine rings is 1. The predicted molar refractivity (Wildman–Crippen MR) is 77.8 cm³/mol. The fourth-order valence-corrected chi connectivity index (χ4v) is 4.04. The Bertz CT molecular complexity index is 517. The Hall–Kier alpha value is -1.30. The second kappa shape index (κ2) is 5.72. The number of halogens is 3. The molecular weight excluding hydrogens is 293 g/mol. The summed E-state index contributed by atoms with van der Waals surface area (Å²) in [4.78, 5) is 6.15. The molecule has 0 bridgehead atoms. The molecule has 3 nitrogen and oxygen atoms in total. The first-order valence-electron chi connectivity index (χ1n) is 7.76. The molecule has 2 atom stereocenters. The second-order valence-corrected chi connectivity index (χ2v) is 6.41. The summed E-state index contributed by atoms with van der Waals surface area (Å²) in [6.07, 6.45) is 2.37. The third-order valence-electron chi connectivity index (χ3n) is 5.12. The maximum absolute atomic E-state index is 12.6. The van der Waals surface area contributed by atoms with Gasteiger partial charge in [0.15, 0.2) is 0 Å². The first kappa shape index (κ1) is 15.6. The van der Waals surface area contributed by atoms with E-state index >= 15 is 0 Å². The first-order valence-corrected chi connectivity index (χ1v) is 7.76. The van der Waals surface area contributed by atoms with E-state index in [4.69, 9.17) is 4.74 Å². The number of hydrogen-bond donors (Lipinski definition) is 0. The van der Waals surface area contributed by atoms with Crippen LogP contribution in [-0.2, 0) is 10.9 Å². The lowest BCUT2D eigenvalue weighted by Gasteiger charge is -2.44. The lowest BCUT2D eigenvalue weighted by atomic mass is 9.76. The van der Waals surface area contributed by atoms with Gasteiger partial charge in [0.05, 0.1) is 11.7 Å². The van der Waals surface area contributed by atoms with Crippen LogP contribution in [0.1, 0.15) is 37.7 Å². The molecule has 0 amide bonds. The van der Waals surface area contributed by atoms with Crippen molar-refractivity contribution >= 4 is 5.82 Å². The molecule has 1 aromatic heterocycles. The Morgan fingerprint density at radius 3 is 2.68 bits per heavy atom. The van der Waals surface area contributed by atoms with Crippen molar-refractivity contribution in [2.24, 2.45) is 5.41 Å². The number of nitrogens with zero attached hydrogens (tertiary/aromatic N) is 2. The average molecular weight is 314 g/mol. The van der Waals surface area contributed by atoms with E-state index in [9.17, 15) is 13.2 Å². The summed E-state index contributed by atoms with van der Waals surface area (Å²) in [5, 5.41) is 0. The molecular formula is C16H21F3N2O. The van der Waals surface area contributed by atoms with Gasteiger partial charge in [-0.05, 0) is 37.8 Å². The van der Waals surface area contributed by atoms with Gasteiger partial charge in [0.2, 0.25) is 0 Å². The van der Waals surface area contributed by atoms with Crippen LogP contribution in [0.2, 0.25) is 0 Å². The minimum atomic E-state index is -4.33. The van der Waals surface area contributed by atoms with Crippen LogP contribution in [0.15, 0.2) is 18.3 Å². The molecule has 22 heavy (non-hydrogen) atoms. The Morgan fingerprint density at radius 1 is 1.27 bits per heavy atom. The summed E-state index contributed by atoms with van der Waals surface area (Å²) >= 11 is 0. The molecule has 1 aromatic rings. The van der Waals surface area contributed by atoms with Gasteiger partial charge in [-0.25, -0.2) is 4.98 Å². The van der Waals surface area contributed by atoms with Crippen molar-refractivity contribution in [2.45, 2.75) is 44.4 Å². The molecule has 1 spiro atoms. The zero-order valence-electron chi connectivity index (χ0n) is 12.7. The molecule has 1 aliphatic carbocycles. The van der Waals surface area contributed by atoms with E-state index in [1.54, 1.807) is 7.11 Å². The van der Waals surface area contributed by atoms with Crippen LogP contribution < -0.4 is 4.90 Å². The summed E-state index contributed by atoms with van der Waals surface area (Å²) in [5.74, 6) is 0.633. The van der Waals surface area contributed by atoms with E-state index in [-0.39, 0.29) is 11.5 Å². The number of aromatic nitrogens is 1. The van der Waals surface area contributed by atoms with E-state index in [1.807, 2.05) is 0 Å². The zero-order chi connectivity index (χ0) is 15.8. The average Bonchev–Trinajstić information content (AvgIpc) is 2.88. The number of rotatable bonds is 2. The van der Waals surface area contributed by atoms with Gasteiger partial charge >= 0.3 is 6.18 Å². The molecule has 0 N–H and O–H groups in total. The standard InChI is InChI=1S/C16H21F3N2O/c1-22-13-4-2-7-15(13)8-3-9-21(11-15)14-6-5-12(10-20-14)16(17,18)19/h5-6,10,13H,2-4,7-9,11H2,1H3/t13-,15-/m1/s1. The molecule has 0 radical (unpaired) electrons. The largest absolute Gasteiger partial charge is 0.417 e. The number of hydrogen-bond acceptors (Lipinski definition) is 3. The number of anilines is 1. The minimum Gasteiger partial charge on any atom is -0.381 e. The maximum atomic E-state index is 12.6. The van der Waals surface area contributed by atoms with Gasteiger partial charge in [-0.15, -0.1) is 0 Å². The van der Waals surface area contributed by atoms with Gasteiger partial charge in [-0.1, -0.05) is 6.42 Å². The van der Waals surface area contributed by atoms with E-state index < -0.39 is 11.7 Å². The van der Waals surface area contributed by atoms with Gasteiger partial charge in [-0.3, -0.25) is 0 Å². The summed E-state index contributed by atoms with van der Waals surface area (Å²) in [6, 6.07) is 2.60. The van der Waals surface area contributed by atoms with Crippen molar-refractivity contribution in [1.29, 1.82) is 0 Å². The second-order valence-electron chi connectivity index (χ2n) is 6.41. The Labute approximate surface area is 128 Å². The van der Waals surface area contributed by atoms with Gasteiger partial charge in [0.1, 0.15) is 5.82 Å². The van der Waals surface area contributed by atoms with E-state index in [2.05, 4.69) is 9.88 Å². The quantitative estimate of drug-likeness (QED) is 0.828. The summed E-state index contributed by atoms with van der Waals surface area (Å²) in [5.41, 5.74) is -0.559. The Balaban J connectivity index is 1.77. The first-order chi connectivity index (χ1) is 10.4. The number of methoxy groups -OCH3 is 1. The third kappa shape index (κ3) is 2.81. The molecule has 6 heteroatoms. The Morgan fingerprint density at radius 2 is 2.05 bits per heavy atom. The molecule has 0 aromatic carbocycles.